The third-order valence-electron chi connectivity index (χ3n) is 3.05. The molecule has 21 heavy (non-hydrogen) atoms. The number of aliphatic hydroxyl groups excluding tert-OH is 1. The van der Waals surface area contributed by atoms with E-state index in [4.69, 9.17) is 4.74 Å². The van der Waals surface area contributed by atoms with E-state index in [1.807, 2.05) is 0 Å². The van der Waals surface area contributed by atoms with Crippen LogP contribution in [0.3, 0.4) is 0 Å². The Balaban J connectivity index is 2.32. The highest BCUT2D eigenvalue weighted by atomic mass is 79.9. The molecule has 0 aliphatic heterocycles. The molecule has 1 N–H and O–H groups in total. The maximum absolute atomic E-state index is 13.6. The highest BCUT2D eigenvalue weighted by Crippen LogP contribution is 2.29. The molecular weight excluding hydrogens is 349 g/mol. The Bertz CT molecular complexity index is 662. The van der Waals surface area contributed by atoms with E-state index in [0.29, 0.717) is 23.4 Å². The Morgan fingerprint density at radius 3 is 2.43 bits per heavy atom. The van der Waals surface area contributed by atoms with Crippen molar-refractivity contribution in [2.24, 2.45) is 0 Å². The first-order chi connectivity index (χ1) is 9.92. The van der Waals surface area contributed by atoms with Crippen molar-refractivity contribution in [3.63, 3.8) is 0 Å². The van der Waals surface area contributed by atoms with Gasteiger partial charge >= 0.3 is 0 Å². The number of halogens is 4. The van der Waals surface area contributed by atoms with Crippen molar-refractivity contribution in [3.8, 4) is 5.75 Å². The van der Waals surface area contributed by atoms with Gasteiger partial charge in [0.2, 0.25) is 0 Å². The third kappa shape index (κ3) is 3.57. The molecular formula is C15H12BrF3O2. The molecule has 0 aliphatic rings. The van der Waals surface area contributed by atoms with Crippen LogP contribution in [0.2, 0.25) is 0 Å². The average molecular weight is 361 g/mol. The van der Waals surface area contributed by atoms with Crippen molar-refractivity contribution in [2.75, 3.05) is 7.11 Å². The summed E-state index contributed by atoms with van der Waals surface area (Å²) >= 11 is 3.29. The van der Waals surface area contributed by atoms with Gasteiger partial charge in [-0.2, -0.15) is 0 Å². The molecule has 0 heterocycles. The highest BCUT2D eigenvalue weighted by molar-refractivity contribution is 9.10. The molecule has 2 aromatic rings. The second kappa shape index (κ2) is 6.49. The van der Waals surface area contributed by atoms with Crippen LogP contribution in [0.15, 0.2) is 34.8 Å². The molecule has 0 radical (unpaired) electrons. The maximum Gasteiger partial charge on any atom is 0.161 e. The summed E-state index contributed by atoms with van der Waals surface area (Å²) in [5.74, 6) is -2.97. The summed E-state index contributed by atoms with van der Waals surface area (Å²) in [4.78, 5) is 0. The van der Waals surface area contributed by atoms with Crippen molar-refractivity contribution in [1.82, 2.24) is 0 Å². The number of rotatable bonds is 4. The van der Waals surface area contributed by atoms with Gasteiger partial charge in [-0.25, -0.2) is 13.2 Å². The minimum Gasteiger partial charge on any atom is -0.496 e. The molecule has 0 aromatic heterocycles. The molecule has 1 atom stereocenters. The lowest BCUT2D eigenvalue weighted by molar-refractivity contribution is 0.171. The number of benzene rings is 2. The molecule has 6 heteroatoms. The lowest BCUT2D eigenvalue weighted by Gasteiger charge is -2.15. The number of ether oxygens (including phenoxy) is 1. The van der Waals surface area contributed by atoms with Crippen LogP contribution in [0.5, 0.6) is 5.75 Å². The molecule has 1 unspecified atom stereocenters. The van der Waals surface area contributed by atoms with Gasteiger partial charge in [0, 0.05) is 22.5 Å². The van der Waals surface area contributed by atoms with Crippen LogP contribution in [-0.2, 0) is 6.42 Å². The van der Waals surface area contributed by atoms with E-state index in [1.54, 1.807) is 18.2 Å². The van der Waals surface area contributed by atoms with E-state index in [0.717, 1.165) is 4.47 Å². The normalized spacial score (nSPS) is 12.3. The number of methoxy groups -OCH3 is 1. The van der Waals surface area contributed by atoms with Crippen molar-refractivity contribution in [3.05, 3.63) is 63.4 Å². The Hall–Kier alpha value is -1.53. The van der Waals surface area contributed by atoms with E-state index in [9.17, 15) is 18.3 Å². The maximum atomic E-state index is 13.6. The number of hydrogen-bond acceptors (Lipinski definition) is 2. The fourth-order valence-corrected chi connectivity index (χ4v) is 2.43. The molecule has 112 valence electrons. The lowest BCUT2D eigenvalue weighted by Crippen LogP contribution is -2.07. The Morgan fingerprint density at radius 1 is 1.10 bits per heavy atom. The van der Waals surface area contributed by atoms with Crippen molar-refractivity contribution in [2.45, 2.75) is 12.5 Å². The topological polar surface area (TPSA) is 29.5 Å². The van der Waals surface area contributed by atoms with E-state index in [1.165, 1.54) is 7.11 Å². The Labute approximate surface area is 128 Å². The van der Waals surface area contributed by atoms with Crippen LogP contribution in [-0.4, -0.2) is 12.2 Å². The van der Waals surface area contributed by atoms with Gasteiger partial charge in [0.1, 0.15) is 11.6 Å². The van der Waals surface area contributed by atoms with Crippen LogP contribution in [0.25, 0.3) is 0 Å². The molecule has 0 saturated carbocycles. The molecule has 0 bridgehead atoms. The van der Waals surface area contributed by atoms with E-state index in [2.05, 4.69) is 15.9 Å². The summed E-state index contributed by atoms with van der Waals surface area (Å²) in [5, 5.41) is 10.1. The first-order valence-corrected chi connectivity index (χ1v) is 6.86. The molecule has 0 amide bonds. The minimum atomic E-state index is -1.32. The van der Waals surface area contributed by atoms with E-state index in [-0.39, 0.29) is 12.0 Å². The van der Waals surface area contributed by atoms with Crippen LogP contribution in [0.4, 0.5) is 13.2 Å². The molecule has 0 saturated heterocycles. The second-order valence-corrected chi connectivity index (χ2v) is 5.38. The zero-order valence-corrected chi connectivity index (χ0v) is 12.6. The predicted molar refractivity (Wildman–Crippen MR) is 75.7 cm³/mol. The van der Waals surface area contributed by atoms with Gasteiger partial charge in [-0.3, -0.25) is 0 Å². The molecule has 2 rings (SSSR count). The van der Waals surface area contributed by atoms with Crippen molar-refractivity contribution < 1.29 is 23.0 Å². The molecule has 2 aromatic carbocycles. The zero-order valence-electron chi connectivity index (χ0n) is 11.0. The first-order valence-electron chi connectivity index (χ1n) is 6.07. The largest absolute Gasteiger partial charge is 0.496 e. The molecule has 0 spiro atoms. The summed E-state index contributed by atoms with van der Waals surface area (Å²) in [5.41, 5.74) is 0.319. The minimum absolute atomic E-state index is 0.00457. The fraction of sp³-hybridized carbons (Fsp3) is 0.200. The van der Waals surface area contributed by atoms with Gasteiger partial charge in [0.15, 0.2) is 11.6 Å². The summed E-state index contributed by atoms with van der Waals surface area (Å²) in [6, 6.07) is 6.24. The lowest BCUT2D eigenvalue weighted by atomic mass is 10.00. The monoisotopic (exact) mass is 360 g/mol. The summed E-state index contributed by atoms with van der Waals surface area (Å²) in [7, 11) is 1.47. The number of hydrogen-bond donors (Lipinski definition) is 1. The molecule has 0 aliphatic carbocycles. The first kappa shape index (κ1) is 15.9. The summed E-state index contributed by atoms with van der Waals surface area (Å²) in [6.07, 6.45) is -1.31. The van der Waals surface area contributed by atoms with Gasteiger partial charge in [0.05, 0.1) is 13.2 Å². The van der Waals surface area contributed by atoms with Gasteiger partial charge in [-0.05, 0) is 29.8 Å². The standard InChI is InChI=1S/C15H12BrF3O2/c1-21-15-3-2-9(16)4-8(15)5-14(20)10-6-12(18)13(19)7-11(10)17/h2-4,6-7,14,20H,5H2,1H3. The third-order valence-corrected chi connectivity index (χ3v) is 3.55. The SMILES string of the molecule is COc1ccc(Br)cc1CC(O)c1cc(F)c(F)cc1F. The van der Waals surface area contributed by atoms with Gasteiger partial charge < -0.3 is 9.84 Å². The van der Waals surface area contributed by atoms with Crippen molar-refractivity contribution in [1.29, 1.82) is 0 Å². The number of aliphatic hydroxyl groups is 1. The smallest absolute Gasteiger partial charge is 0.161 e. The molecule has 0 fully saturated rings. The summed E-state index contributed by atoms with van der Waals surface area (Å²) < 4.78 is 45.6. The fourth-order valence-electron chi connectivity index (χ4n) is 2.02. The van der Waals surface area contributed by atoms with Crippen LogP contribution in [0, 0.1) is 17.5 Å². The Morgan fingerprint density at radius 2 is 1.76 bits per heavy atom. The zero-order chi connectivity index (χ0) is 15.6. The van der Waals surface area contributed by atoms with Crippen molar-refractivity contribution >= 4 is 15.9 Å². The summed E-state index contributed by atoms with van der Waals surface area (Å²) in [6.45, 7) is 0. The van der Waals surface area contributed by atoms with E-state index < -0.39 is 23.6 Å². The quantitative estimate of drug-likeness (QED) is 0.830. The van der Waals surface area contributed by atoms with Gasteiger partial charge in [0.25, 0.3) is 0 Å². The Kier molecular flexibility index (Phi) is 4.90. The molecule has 2 nitrogen and oxygen atoms in total. The van der Waals surface area contributed by atoms with Crippen LogP contribution in [0.1, 0.15) is 17.2 Å². The highest BCUT2D eigenvalue weighted by Gasteiger charge is 2.19. The van der Waals surface area contributed by atoms with Gasteiger partial charge in [-0.1, -0.05) is 15.9 Å². The average Bonchev–Trinajstić information content (AvgIpc) is 2.43. The predicted octanol–water partition coefficient (Wildman–Crippen LogP) is 4.15. The van der Waals surface area contributed by atoms with Crippen LogP contribution < -0.4 is 4.74 Å². The van der Waals surface area contributed by atoms with E-state index >= 15 is 0 Å². The second-order valence-electron chi connectivity index (χ2n) is 4.46. The van der Waals surface area contributed by atoms with Gasteiger partial charge in [-0.15, -0.1) is 0 Å². The van der Waals surface area contributed by atoms with Crippen LogP contribution >= 0.6 is 15.9 Å².